The van der Waals surface area contributed by atoms with E-state index in [-0.39, 0.29) is 18.7 Å². The Labute approximate surface area is 212 Å². The van der Waals surface area contributed by atoms with Crippen molar-refractivity contribution in [3.8, 4) is 0 Å². The second-order valence-electron chi connectivity index (χ2n) is 8.69. The van der Waals surface area contributed by atoms with Crippen molar-refractivity contribution in [3.05, 3.63) is 101 Å². The molecule has 1 aliphatic heterocycles. The van der Waals surface area contributed by atoms with Crippen LogP contribution in [0.4, 0.5) is 4.39 Å². The summed E-state index contributed by atoms with van der Waals surface area (Å²) < 4.78 is 13.5. The van der Waals surface area contributed by atoms with Crippen molar-refractivity contribution < 1.29 is 28.7 Å². The molecule has 1 saturated heterocycles. The maximum atomic E-state index is 13.7. The van der Waals surface area contributed by atoms with Gasteiger partial charge in [-0.1, -0.05) is 29.8 Å². The van der Waals surface area contributed by atoms with Crippen LogP contribution in [0.5, 0.6) is 0 Å². The smallest absolute Gasteiger partial charge is 0.305 e. The fourth-order valence-corrected chi connectivity index (χ4v) is 4.30. The predicted molar refractivity (Wildman–Crippen MR) is 131 cm³/mol. The normalized spacial score (nSPS) is 15.8. The van der Waals surface area contributed by atoms with Gasteiger partial charge < -0.3 is 20.2 Å². The van der Waals surface area contributed by atoms with Gasteiger partial charge in [0.1, 0.15) is 5.82 Å². The number of carbonyl (C=O) groups is 4. The first-order valence-corrected chi connectivity index (χ1v) is 11.6. The minimum absolute atomic E-state index is 0.0868. The molecule has 0 bridgehead atoms. The van der Waals surface area contributed by atoms with Crippen molar-refractivity contribution in [2.75, 3.05) is 13.1 Å². The van der Waals surface area contributed by atoms with Gasteiger partial charge >= 0.3 is 5.97 Å². The number of carbonyl (C=O) groups excluding carboxylic acids is 3. The van der Waals surface area contributed by atoms with E-state index in [0.717, 1.165) is 17.7 Å². The van der Waals surface area contributed by atoms with Crippen molar-refractivity contribution >= 4 is 23.7 Å². The highest BCUT2D eigenvalue weighted by Crippen LogP contribution is 2.24. The number of halogens is 1. The molecule has 2 N–H and O–H groups in total. The summed E-state index contributed by atoms with van der Waals surface area (Å²) in [7, 11) is 0. The minimum Gasteiger partial charge on any atom is -0.481 e. The fraction of sp³-hybridized carbons (Fsp3) is 0.222. The molecule has 2 heterocycles. The summed E-state index contributed by atoms with van der Waals surface area (Å²) in [6.45, 7) is 2.02. The Morgan fingerprint density at radius 3 is 2.24 bits per heavy atom. The predicted octanol–water partition coefficient (Wildman–Crippen LogP) is 2.79. The number of aryl methyl sites for hydroxylation is 1. The van der Waals surface area contributed by atoms with Gasteiger partial charge in [0.25, 0.3) is 17.7 Å². The first kappa shape index (κ1) is 25.5. The number of nitrogens with zero attached hydrogens (tertiary/aromatic N) is 3. The van der Waals surface area contributed by atoms with Gasteiger partial charge in [0.05, 0.1) is 18.0 Å². The lowest BCUT2D eigenvalue weighted by atomic mass is 10.0. The Balaban J connectivity index is 1.68. The van der Waals surface area contributed by atoms with Crippen molar-refractivity contribution in [1.82, 2.24) is 20.1 Å². The molecule has 0 radical (unpaired) electrons. The molecule has 3 amide bonds. The maximum absolute atomic E-state index is 13.7. The van der Waals surface area contributed by atoms with E-state index < -0.39 is 48.1 Å². The number of nitrogens with one attached hydrogen (secondary N) is 1. The number of carboxylic acids is 1. The summed E-state index contributed by atoms with van der Waals surface area (Å²) in [6, 6.07) is 14.1. The van der Waals surface area contributed by atoms with Crippen LogP contribution in [-0.2, 0) is 9.59 Å². The van der Waals surface area contributed by atoms with E-state index in [2.05, 4.69) is 10.3 Å². The average Bonchev–Trinajstić information content (AvgIpc) is 3.33. The molecule has 2 atom stereocenters. The van der Waals surface area contributed by atoms with E-state index in [1.165, 1.54) is 34.3 Å². The van der Waals surface area contributed by atoms with Gasteiger partial charge in [-0.15, -0.1) is 0 Å². The summed E-state index contributed by atoms with van der Waals surface area (Å²) in [6.07, 6.45) is 1.07. The summed E-state index contributed by atoms with van der Waals surface area (Å²) in [5.41, 5.74) is 1.82. The van der Waals surface area contributed by atoms with Crippen LogP contribution in [0.15, 0.2) is 73.1 Å². The molecule has 0 saturated carbocycles. The fourth-order valence-electron chi connectivity index (χ4n) is 4.30. The molecule has 0 aliphatic carbocycles. The monoisotopic (exact) mass is 504 g/mol. The van der Waals surface area contributed by atoms with Crippen LogP contribution in [-0.4, -0.2) is 62.8 Å². The van der Waals surface area contributed by atoms with Gasteiger partial charge in [0.15, 0.2) is 6.17 Å². The number of aromatic nitrogens is 1. The molecular weight excluding hydrogens is 479 g/mol. The zero-order chi connectivity index (χ0) is 26.5. The highest BCUT2D eigenvalue weighted by atomic mass is 19.1. The third-order valence-electron chi connectivity index (χ3n) is 6.07. The number of pyridine rings is 1. The number of benzene rings is 2. The van der Waals surface area contributed by atoms with Crippen molar-refractivity contribution in [2.45, 2.75) is 25.6 Å². The first-order chi connectivity index (χ1) is 17.7. The van der Waals surface area contributed by atoms with Crippen molar-refractivity contribution in [2.24, 2.45) is 0 Å². The third-order valence-corrected chi connectivity index (χ3v) is 6.07. The topological polar surface area (TPSA) is 120 Å². The number of rotatable bonds is 7. The SMILES string of the molecule is Cc1cccc(C(=O)N2CCN(C(=O)c3cccnc3)C2C(=O)NC(CC(=O)O)c2ccc(F)cc2)c1. The molecule has 1 aliphatic rings. The molecule has 0 spiro atoms. The van der Waals surface area contributed by atoms with Gasteiger partial charge in [-0.3, -0.25) is 24.2 Å². The number of amides is 3. The van der Waals surface area contributed by atoms with Gasteiger partial charge in [0, 0.05) is 31.0 Å². The standard InChI is InChI=1S/C27H25FN4O5/c1-17-4-2-5-19(14-17)26(36)31-12-13-32(27(37)20-6-3-11-29-16-20)25(31)24(35)30-22(15-23(33)34)18-7-9-21(28)10-8-18/h2-11,14,16,22,25H,12-13,15H2,1H3,(H,30,35)(H,33,34). The van der Waals surface area contributed by atoms with Crippen LogP contribution < -0.4 is 5.32 Å². The summed E-state index contributed by atoms with van der Waals surface area (Å²) in [5, 5.41) is 12.1. The molecule has 10 heteroatoms. The van der Waals surface area contributed by atoms with Crippen molar-refractivity contribution in [1.29, 1.82) is 0 Å². The molecule has 1 aromatic heterocycles. The molecule has 3 aromatic rings. The molecular formula is C27H25FN4O5. The van der Waals surface area contributed by atoms with Gasteiger partial charge in [0.2, 0.25) is 0 Å². The molecule has 37 heavy (non-hydrogen) atoms. The van der Waals surface area contributed by atoms with E-state index in [9.17, 15) is 28.7 Å². The Morgan fingerprint density at radius 1 is 1.00 bits per heavy atom. The van der Waals surface area contributed by atoms with Crippen LogP contribution in [0.25, 0.3) is 0 Å². The van der Waals surface area contributed by atoms with E-state index in [1.54, 1.807) is 30.3 Å². The molecule has 4 rings (SSSR count). The summed E-state index contributed by atoms with van der Waals surface area (Å²) in [4.78, 5) is 58.5. The van der Waals surface area contributed by atoms with Crippen LogP contribution in [0.3, 0.4) is 0 Å². The van der Waals surface area contributed by atoms with Crippen molar-refractivity contribution in [3.63, 3.8) is 0 Å². The van der Waals surface area contributed by atoms with Crippen LogP contribution >= 0.6 is 0 Å². The second-order valence-corrected chi connectivity index (χ2v) is 8.69. The molecule has 2 aromatic carbocycles. The summed E-state index contributed by atoms with van der Waals surface area (Å²) in [5.74, 6) is -3.36. The van der Waals surface area contributed by atoms with Crippen LogP contribution in [0, 0.1) is 12.7 Å². The molecule has 1 fully saturated rings. The number of carboxylic acid groups (broad SMARTS) is 1. The summed E-state index contributed by atoms with van der Waals surface area (Å²) >= 11 is 0. The van der Waals surface area contributed by atoms with Crippen LogP contribution in [0.1, 0.15) is 44.3 Å². The third kappa shape index (κ3) is 5.80. The first-order valence-electron chi connectivity index (χ1n) is 11.6. The van der Waals surface area contributed by atoms with E-state index in [4.69, 9.17) is 0 Å². The molecule has 190 valence electrons. The maximum Gasteiger partial charge on any atom is 0.305 e. The number of hydrogen-bond donors (Lipinski definition) is 2. The highest BCUT2D eigenvalue weighted by molar-refractivity contribution is 6.02. The lowest BCUT2D eigenvalue weighted by Crippen LogP contribution is -2.54. The quantitative estimate of drug-likeness (QED) is 0.511. The van der Waals surface area contributed by atoms with E-state index >= 15 is 0 Å². The van der Waals surface area contributed by atoms with Gasteiger partial charge in [-0.2, -0.15) is 0 Å². The Hall–Kier alpha value is -4.60. The minimum atomic E-state index is -1.34. The largest absolute Gasteiger partial charge is 0.481 e. The lowest BCUT2D eigenvalue weighted by Gasteiger charge is -2.31. The average molecular weight is 505 g/mol. The van der Waals surface area contributed by atoms with E-state index in [1.807, 2.05) is 13.0 Å². The zero-order valence-corrected chi connectivity index (χ0v) is 20.0. The van der Waals surface area contributed by atoms with E-state index in [0.29, 0.717) is 11.1 Å². The number of aliphatic carboxylic acids is 1. The van der Waals surface area contributed by atoms with Crippen LogP contribution in [0.2, 0.25) is 0 Å². The van der Waals surface area contributed by atoms with Gasteiger partial charge in [-0.05, 0) is 48.9 Å². The highest BCUT2D eigenvalue weighted by Gasteiger charge is 2.44. The Bertz CT molecular complexity index is 1320. The van der Waals surface area contributed by atoms with Gasteiger partial charge in [-0.25, -0.2) is 4.39 Å². The second kappa shape index (κ2) is 11.0. The molecule has 9 nitrogen and oxygen atoms in total. The Morgan fingerprint density at radius 2 is 1.65 bits per heavy atom. The molecule has 2 unspecified atom stereocenters. The zero-order valence-electron chi connectivity index (χ0n) is 20.0. The lowest BCUT2D eigenvalue weighted by molar-refractivity contribution is -0.138. The Kier molecular flexibility index (Phi) is 7.57. The number of hydrogen-bond acceptors (Lipinski definition) is 5.